The van der Waals surface area contributed by atoms with Crippen LogP contribution in [0.1, 0.15) is 21.7 Å². The molecular formula is C13H13ClN4O. The molecule has 0 saturated carbocycles. The van der Waals surface area contributed by atoms with E-state index in [-0.39, 0.29) is 5.91 Å². The minimum absolute atomic E-state index is 0.267. The summed E-state index contributed by atoms with van der Waals surface area (Å²) in [5.74, 6) is -0.267. The average molecular weight is 277 g/mol. The maximum Gasteiger partial charge on any atom is 0.253 e. The molecule has 98 valence electrons. The molecule has 0 aliphatic heterocycles. The number of anilines is 1. The van der Waals surface area contributed by atoms with Gasteiger partial charge in [0, 0.05) is 16.9 Å². The minimum atomic E-state index is -0.267. The second-order valence-electron chi connectivity index (χ2n) is 4.06. The summed E-state index contributed by atoms with van der Waals surface area (Å²) in [6.45, 7) is 2.15. The lowest BCUT2D eigenvalue weighted by molar-refractivity contribution is 0.0951. The summed E-state index contributed by atoms with van der Waals surface area (Å²) >= 11 is 5.78. The maximum absolute atomic E-state index is 11.9. The van der Waals surface area contributed by atoms with Gasteiger partial charge in [0.25, 0.3) is 5.91 Å². The van der Waals surface area contributed by atoms with Gasteiger partial charge in [-0.1, -0.05) is 11.6 Å². The number of amides is 1. The Balaban J connectivity index is 2.03. The monoisotopic (exact) mass is 276 g/mol. The topological polar surface area (TPSA) is 80.9 Å². The van der Waals surface area contributed by atoms with E-state index in [1.807, 2.05) is 6.92 Å². The second-order valence-corrected chi connectivity index (χ2v) is 4.50. The Labute approximate surface area is 115 Å². The van der Waals surface area contributed by atoms with Crippen molar-refractivity contribution in [2.75, 3.05) is 5.73 Å². The van der Waals surface area contributed by atoms with Gasteiger partial charge in [0.1, 0.15) is 0 Å². The summed E-state index contributed by atoms with van der Waals surface area (Å²) in [6.07, 6.45) is 3.28. The number of nitrogens with zero attached hydrogens (tertiary/aromatic N) is 2. The molecule has 1 amide bonds. The SMILES string of the molecule is Cc1cnc(CNC(=O)c2ccc(Cl)cc2N)cn1. The highest BCUT2D eigenvalue weighted by Gasteiger charge is 2.09. The molecule has 3 N–H and O–H groups in total. The molecule has 0 radical (unpaired) electrons. The first-order chi connectivity index (χ1) is 9.06. The van der Waals surface area contributed by atoms with Crippen LogP contribution in [0, 0.1) is 6.92 Å². The molecule has 0 unspecified atom stereocenters. The first-order valence-electron chi connectivity index (χ1n) is 5.67. The van der Waals surface area contributed by atoms with Crippen LogP contribution in [0.4, 0.5) is 5.69 Å². The van der Waals surface area contributed by atoms with Crippen LogP contribution in [-0.2, 0) is 6.54 Å². The molecular weight excluding hydrogens is 264 g/mol. The lowest BCUT2D eigenvalue weighted by Crippen LogP contribution is -2.24. The van der Waals surface area contributed by atoms with Crippen molar-refractivity contribution in [2.24, 2.45) is 0 Å². The quantitative estimate of drug-likeness (QED) is 0.840. The zero-order chi connectivity index (χ0) is 13.8. The minimum Gasteiger partial charge on any atom is -0.398 e. The third kappa shape index (κ3) is 3.42. The fourth-order valence-electron chi connectivity index (χ4n) is 1.52. The van der Waals surface area contributed by atoms with E-state index >= 15 is 0 Å². The second kappa shape index (κ2) is 5.67. The van der Waals surface area contributed by atoms with Crippen LogP contribution < -0.4 is 11.1 Å². The summed E-state index contributed by atoms with van der Waals surface area (Å²) < 4.78 is 0. The molecule has 5 nitrogen and oxygen atoms in total. The van der Waals surface area contributed by atoms with E-state index in [4.69, 9.17) is 17.3 Å². The summed E-state index contributed by atoms with van der Waals surface area (Å²) in [6, 6.07) is 4.76. The Morgan fingerprint density at radius 1 is 1.37 bits per heavy atom. The third-order valence-corrected chi connectivity index (χ3v) is 2.76. The van der Waals surface area contributed by atoms with Gasteiger partial charge in [0.05, 0.1) is 29.7 Å². The fraction of sp³-hybridized carbons (Fsp3) is 0.154. The highest BCUT2D eigenvalue weighted by molar-refractivity contribution is 6.31. The number of hydrogen-bond donors (Lipinski definition) is 2. The smallest absolute Gasteiger partial charge is 0.253 e. The normalized spacial score (nSPS) is 10.2. The Morgan fingerprint density at radius 3 is 2.79 bits per heavy atom. The fourth-order valence-corrected chi connectivity index (χ4v) is 1.70. The summed E-state index contributed by atoms with van der Waals surface area (Å²) in [7, 11) is 0. The number of nitrogens with one attached hydrogen (secondary N) is 1. The predicted octanol–water partition coefficient (Wildman–Crippen LogP) is 1.95. The van der Waals surface area contributed by atoms with Crippen molar-refractivity contribution in [3.8, 4) is 0 Å². The zero-order valence-corrected chi connectivity index (χ0v) is 11.1. The van der Waals surface area contributed by atoms with E-state index < -0.39 is 0 Å². The molecule has 0 saturated heterocycles. The Kier molecular flexibility index (Phi) is 3.97. The molecule has 1 aromatic carbocycles. The number of aromatic nitrogens is 2. The van der Waals surface area contributed by atoms with E-state index in [1.165, 1.54) is 0 Å². The van der Waals surface area contributed by atoms with Gasteiger partial charge in [-0.25, -0.2) is 0 Å². The summed E-state index contributed by atoms with van der Waals surface area (Å²) in [4.78, 5) is 20.2. The molecule has 0 atom stereocenters. The molecule has 2 aromatic rings. The number of aryl methyl sites for hydroxylation is 1. The van der Waals surface area contributed by atoms with Gasteiger partial charge >= 0.3 is 0 Å². The van der Waals surface area contributed by atoms with Gasteiger partial charge in [0.2, 0.25) is 0 Å². The van der Waals surface area contributed by atoms with Gasteiger partial charge in [0.15, 0.2) is 0 Å². The Morgan fingerprint density at radius 2 is 2.16 bits per heavy atom. The van der Waals surface area contributed by atoms with Crippen LogP contribution in [0.2, 0.25) is 5.02 Å². The van der Waals surface area contributed by atoms with Crippen molar-refractivity contribution >= 4 is 23.2 Å². The number of benzene rings is 1. The van der Waals surface area contributed by atoms with Crippen LogP contribution in [0.25, 0.3) is 0 Å². The van der Waals surface area contributed by atoms with E-state index in [9.17, 15) is 4.79 Å². The van der Waals surface area contributed by atoms with Crippen molar-refractivity contribution in [1.29, 1.82) is 0 Å². The number of nitrogen functional groups attached to an aromatic ring is 1. The lowest BCUT2D eigenvalue weighted by atomic mass is 10.1. The molecule has 6 heteroatoms. The Bertz CT molecular complexity index is 598. The van der Waals surface area contributed by atoms with Crippen molar-refractivity contribution in [3.05, 3.63) is 52.6 Å². The summed E-state index contributed by atoms with van der Waals surface area (Å²) in [5, 5.41) is 3.23. The average Bonchev–Trinajstić information content (AvgIpc) is 2.37. The van der Waals surface area contributed by atoms with Crippen LogP contribution in [0.15, 0.2) is 30.6 Å². The largest absolute Gasteiger partial charge is 0.398 e. The van der Waals surface area contributed by atoms with Crippen molar-refractivity contribution in [3.63, 3.8) is 0 Å². The number of hydrogen-bond acceptors (Lipinski definition) is 4. The number of halogens is 1. The van der Waals surface area contributed by atoms with E-state index in [0.29, 0.717) is 28.5 Å². The highest BCUT2D eigenvalue weighted by atomic mass is 35.5. The standard InChI is InChI=1S/C13H13ClN4O/c1-8-5-17-10(6-16-8)7-18-13(19)11-3-2-9(14)4-12(11)15/h2-6H,7,15H2,1H3,(H,18,19). The molecule has 19 heavy (non-hydrogen) atoms. The molecule has 2 rings (SSSR count). The first-order valence-corrected chi connectivity index (χ1v) is 6.05. The van der Waals surface area contributed by atoms with E-state index in [1.54, 1.807) is 30.6 Å². The molecule has 0 fully saturated rings. The highest BCUT2D eigenvalue weighted by Crippen LogP contribution is 2.17. The molecule has 1 aromatic heterocycles. The number of carbonyl (C=O) groups excluding carboxylic acids is 1. The van der Waals surface area contributed by atoms with Crippen LogP contribution in [0.5, 0.6) is 0 Å². The summed E-state index contributed by atoms with van der Waals surface area (Å²) in [5.41, 5.74) is 8.00. The van der Waals surface area contributed by atoms with Gasteiger partial charge in [-0.05, 0) is 25.1 Å². The first kappa shape index (κ1) is 13.3. The number of nitrogens with two attached hydrogens (primary N) is 1. The van der Waals surface area contributed by atoms with E-state index in [2.05, 4.69) is 15.3 Å². The van der Waals surface area contributed by atoms with Gasteiger partial charge in [-0.3, -0.25) is 14.8 Å². The van der Waals surface area contributed by atoms with Crippen molar-refractivity contribution in [1.82, 2.24) is 15.3 Å². The van der Waals surface area contributed by atoms with Crippen molar-refractivity contribution < 1.29 is 4.79 Å². The molecule has 0 aliphatic rings. The molecule has 1 heterocycles. The third-order valence-electron chi connectivity index (χ3n) is 2.52. The predicted molar refractivity (Wildman–Crippen MR) is 73.8 cm³/mol. The Hall–Kier alpha value is -2.14. The van der Waals surface area contributed by atoms with Crippen LogP contribution >= 0.6 is 11.6 Å². The van der Waals surface area contributed by atoms with E-state index in [0.717, 1.165) is 5.69 Å². The van der Waals surface area contributed by atoms with Gasteiger partial charge in [-0.15, -0.1) is 0 Å². The molecule has 0 spiro atoms. The van der Waals surface area contributed by atoms with Crippen LogP contribution in [0.3, 0.4) is 0 Å². The maximum atomic E-state index is 11.9. The van der Waals surface area contributed by atoms with Crippen molar-refractivity contribution in [2.45, 2.75) is 13.5 Å². The lowest BCUT2D eigenvalue weighted by Gasteiger charge is -2.07. The number of rotatable bonds is 3. The molecule has 0 aliphatic carbocycles. The van der Waals surface area contributed by atoms with Gasteiger partial charge in [-0.2, -0.15) is 0 Å². The van der Waals surface area contributed by atoms with Crippen LogP contribution in [-0.4, -0.2) is 15.9 Å². The zero-order valence-electron chi connectivity index (χ0n) is 10.4. The molecule has 0 bridgehead atoms. The van der Waals surface area contributed by atoms with Gasteiger partial charge < -0.3 is 11.1 Å². The number of carbonyl (C=O) groups is 1.